The Bertz CT molecular complexity index is 1030. The van der Waals surface area contributed by atoms with Gasteiger partial charge < -0.3 is 5.32 Å². The number of aliphatic imine (C=N–C) groups is 1. The van der Waals surface area contributed by atoms with Crippen LogP contribution >= 0.6 is 0 Å². The molecule has 128 valence electrons. The van der Waals surface area contributed by atoms with Crippen LogP contribution in [0, 0.1) is 0 Å². The normalized spacial score (nSPS) is 19.2. The van der Waals surface area contributed by atoms with Crippen LogP contribution in [-0.2, 0) is 5.41 Å². The summed E-state index contributed by atoms with van der Waals surface area (Å²) in [5.74, 6) is 0. The predicted octanol–water partition coefficient (Wildman–Crippen LogP) is 5.47. The monoisotopic (exact) mass is 338 g/mol. The molecule has 2 aromatic rings. The van der Waals surface area contributed by atoms with Crippen LogP contribution in [0.2, 0.25) is 0 Å². The van der Waals surface area contributed by atoms with Crippen molar-refractivity contribution in [1.82, 2.24) is 0 Å². The average molecular weight is 338 g/mol. The van der Waals surface area contributed by atoms with Crippen LogP contribution in [0.25, 0.3) is 5.57 Å². The average Bonchev–Trinajstić information content (AvgIpc) is 2.84. The molecule has 1 heterocycles. The van der Waals surface area contributed by atoms with Gasteiger partial charge in [-0.2, -0.15) is 0 Å². The highest BCUT2D eigenvalue weighted by Gasteiger charge is 2.36. The smallest absolute Gasteiger partial charge is 0.108 e. The molecule has 0 unspecified atom stereocenters. The third kappa shape index (κ3) is 2.15. The maximum atomic E-state index is 4.78. The molecule has 2 heteroatoms. The molecule has 0 saturated heterocycles. The molecule has 0 spiro atoms. The molecule has 0 saturated carbocycles. The van der Waals surface area contributed by atoms with Crippen molar-refractivity contribution in [2.24, 2.45) is 4.99 Å². The van der Waals surface area contributed by atoms with E-state index in [1.807, 2.05) is 0 Å². The van der Waals surface area contributed by atoms with E-state index in [1.54, 1.807) is 0 Å². The summed E-state index contributed by atoms with van der Waals surface area (Å²) in [6.45, 7) is 5.30. The van der Waals surface area contributed by atoms with Crippen LogP contribution in [0.5, 0.6) is 0 Å². The largest absolute Gasteiger partial charge is 0.366 e. The third-order valence-corrected chi connectivity index (χ3v) is 5.75. The lowest BCUT2D eigenvalue weighted by molar-refractivity contribution is 0.654. The van der Waals surface area contributed by atoms with Crippen molar-refractivity contribution in [3.05, 3.63) is 94.6 Å². The molecule has 0 aromatic heterocycles. The minimum atomic E-state index is 0.0127. The lowest BCUT2D eigenvalue weighted by atomic mass is 9.80. The SMILES string of the molecule is CC1(C)C2=C(C=CCC=C2)c2ccc(C3=NCNc4ccccc43)cc21. The van der Waals surface area contributed by atoms with Crippen LogP contribution in [0.3, 0.4) is 0 Å². The topological polar surface area (TPSA) is 24.4 Å². The Labute approximate surface area is 154 Å². The molecule has 0 fully saturated rings. The van der Waals surface area contributed by atoms with Gasteiger partial charge in [0.2, 0.25) is 0 Å². The maximum absolute atomic E-state index is 4.78. The molecule has 26 heavy (non-hydrogen) atoms. The van der Waals surface area contributed by atoms with Crippen molar-refractivity contribution in [2.45, 2.75) is 25.7 Å². The molecule has 3 aliphatic rings. The van der Waals surface area contributed by atoms with E-state index in [1.165, 1.54) is 33.4 Å². The standard InChI is InChI=1S/C24H22N2/c1-24(2)20-10-5-3-4-8-17(20)18-13-12-16(14-21(18)24)23-19-9-6-7-11-22(19)25-15-26-23/h4-14,25H,3,15H2,1-2H3. The second-order valence-electron chi connectivity index (χ2n) is 7.64. The second kappa shape index (κ2) is 5.57. The maximum Gasteiger partial charge on any atom is 0.108 e. The van der Waals surface area contributed by atoms with E-state index in [9.17, 15) is 0 Å². The van der Waals surface area contributed by atoms with E-state index in [2.05, 4.69) is 85.9 Å². The van der Waals surface area contributed by atoms with Crippen LogP contribution in [0.4, 0.5) is 5.69 Å². The molecule has 1 N–H and O–H groups in total. The van der Waals surface area contributed by atoms with E-state index in [-0.39, 0.29) is 5.41 Å². The van der Waals surface area contributed by atoms with Crippen LogP contribution in [0.15, 0.2) is 77.3 Å². The van der Waals surface area contributed by atoms with Gasteiger partial charge in [0, 0.05) is 22.2 Å². The Morgan fingerprint density at radius 3 is 2.73 bits per heavy atom. The summed E-state index contributed by atoms with van der Waals surface area (Å²) in [5.41, 5.74) is 10.2. The Morgan fingerprint density at radius 2 is 1.81 bits per heavy atom. The summed E-state index contributed by atoms with van der Waals surface area (Å²) in [5, 5.41) is 3.36. The van der Waals surface area contributed by atoms with Gasteiger partial charge in [0.15, 0.2) is 0 Å². The first-order valence-corrected chi connectivity index (χ1v) is 9.27. The van der Waals surface area contributed by atoms with Gasteiger partial charge in [0.25, 0.3) is 0 Å². The number of nitrogens with one attached hydrogen (secondary N) is 1. The molecule has 0 radical (unpaired) electrons. The van der Waals surface area contributed by atoms with Gasteiger partial charge in [-0.05, 0) is 40.8 Å². The number of para-hydroxylation sites is 1. The Hall–Kier alpha value is -2.87. The van der Waals surface area contributed by atoms with E-state index < -0.39 is 0 Å². The first-order chi connectivity index (χ1) is 12.7. The zero-order valence-corrected chi connectivity index (χ0v) is 15.2. The molecule has 2 nitrogen and oxygen atoms in total. The van der Waals surface area contributed by atoms with E-state index in [4.69, 9.17) is 4.99 Å². The Morgan fingerprint density at radius 1 is 0.962 bits per heavy atom. The molecule has 0 atom stereocenters. The number of fused-ring (bicyclic) bond motifs is 3. The molecule has 5 rings (SSSR count). The van der Waals surface area contributed by atoms with Gasteiger partial charge in [-0.15, -0.1) is 0 Å². The molecule has 0 amide bonds. The predicted molar refractivity (Wildman–Crippen MR) is 110 cm³/mol. The third-order valence-electron chi connectivity index (χ3n) is 5.75. The number of nitrogens with zero attached hydrogens (tertiary/aromatic N) is 1. The highest BCUT2D eigenvalue weighted by atomic mass is 15.0. The van der Waals surface area contributed by atoms with Crippen molar-refractivity contribution < 1.29 is 0 Å². The highest BCUT2D eigenvalue weighted by Crippen LogP contribution is 2.48. The van der Waals surface area contributed by atoms with Gasteiger partial charge in [0.05, 0.1) is 5.71 Å². The minimum Gasteiger partial charge on any atom is -0.366 e. The zero-order valence-electron chi connectivity index (χ0n) is 15.2. The first kappa shape index (κ1) is 15.4. The first-order valence-electron chi connectivity index (χ1n) is 9.27. The van der Waals surface area contributed by atoms with Crippen LogP contribution in [-0.4, -0.2) is 12.4 Å². The molecule has 2 aromatic carbocycles. The lowest BCUT2D eigenvalue weighted by Crippen LogP contribution is -2.19. The fourth-order valence-electron chi connectivity index (χ4n) is 4.38. The molecule has 2 aliphatic carbocycles. The number of anilines is 1. The van der Waals surface area contributed by atoms with Crippen molar-refractivity contribution in [3.63, 3.8) is 0 Å². The number of hydrogen-bond acceptors (Lipinski definition) is 2. The number of allylic oxidation sites excluding steroid dienone is 6. The highest BCUT2D eigenvalue weighted by molar-refractivity contribution is 6.17. The van der Waals surface area contributed by atoms with E-state index >= 15 is 0 Å². The molecular formula is C24H22N2. The fraction of sp³-hybridized carbons (Fsp3) is 0.208. The number of hydrogen-bond donors (Lipinski definition) is 1. The molecule has 0 bridgehead atoms. The van der Waals surface area contributed by atoms with Crippen molar-refractivity contribution in [3.8, 4) is 0 Å². The lowest BCUT2D eigenvalue weighted by Gasteiger charge is -2.24. The fourth-order valence-corrected chi connectivity index (χ4v) is 4.38. The second-order valence-corrected chi connectivity index (χ2v) is 7.64. The summed E-state index contributed by atoms with van der Waals surface area (Å²) < 4.78 is 0. The van der Waals surface area contributed by atoms with Gasteiger partial charge >= 0.3 is 0 Å². The Kier molecular flexibility index (Phi) is 3.30. The van der Waals surface area contributed by atoms with Crippen molar-refractivity contribution >= 4 is 17.0 Å². The Balaban J connectivity index is 1.66. The van der Waals surface area contributed by atoms with Gasteiger partial charge in [0.1, 0.15) is 6.67 Å². The van der Waals surface area contributed by atoms with Gasteiger partial charge in [-0.25, -0.2) is 0 Å². The number of benzene rings is 2. The quantitative estimate of drug-likeness (QED) is 0.733. The summed E-state index contributed by atoms with van der Waals surface area (Å²) >= 11 is 0. The molecule has 1 aliphatic heterocycles. The van der Waals surface area contributed by atoms with Crippen molar-refractivity contribution in [1.29, 1.82) is 0 Å². The van der Waals surface area contributed by atoms with Gasteiger partial charge in [-0.1, -0.05) is 68.5 Å². The summed E-state index contributed by atoms with van der Waals surface area (Å²) in [6, 6.07) is 15.3. The summed E-state index contributed by atoms with van der Waals surface area (Å²) in [6.07, 6.45) is 10.1. The van der Waals surface area contributed by atoms with E-state index in [0.29, 0.717) is 6.67 Å². The zero-order chi connectivity index (χ0) is 17.7. The van der Waals surface area contributed by atoms with Crippen LogP contribution < -0.4 is 5.32 Å². The van der Waals surface area contributed by atoms with Gasteiger partial charge in [-0.3, -0.25) is 4.99 Å². The van der Waals surface area contributed by atoms with Crippen LogP contribution in [0.1, 0.15) is 42.5 Å². The number of rotatable bonds is 1. The van der Waals surface area contributed by atoms with Crippen molar-refractivity contribution in [2.75, 3.05) is 12.0 Å². The summed E-state index contributed by atoms with van der Waals surface area (Å²) in [4.78, 5) is 4.78. The minimum absolute atomic E-state index is 0.0127. The summed E-state index contributed by atoms with van der Waals surface area (Å²) in [7, 11) is 0. The molecular weight excluding hydrogens is 316 g/mol. The van der Waals surface area contributed by atoms with E-state index in [0.717, 1.165) is 17.8 Å².